The van der Waals surface area contributed by atoms with Crippen molar-refractivity contribution in [3.8, 4) is 0 Å². The smallest absolute Gasteiger partial charge is 0.263 e. The number of aromatic nitrogens is 1. The van der Waals surface area contributed by atoms with Crippen LogP contribution >= 0.6 is 0 Å². The molecule has 116 valence electrons. The van der Waals surface area contributed by atoms with Crippen LogP contribution in [0.5, 0.6) is 0 Å². The molecule has 0 radical (unpaired) electrons. The Labute approximate surface area is 128 Å². The third-order valence-corrected chi connectivity index (χ3v) is 4.74. The summed E-state index contributed by atoms with van der Waals surface area (Å²) in [6.07, 6.45) is 3.89. The predicted molar refractivity (Wildman–Crippen MR) is 82.8 cm³/mol. The lowest BCUT2D eigenvalue weighted by atomic mass is 10.2. The van der Waals surface area contributed by atoms with Gasteiger partial charge < -0.3 is 5.32 Å². The van der Waals surface area contributed by atoms with Gasteiger partial charge in [0.25, 0.3) is 10.0 Å². The summed E-state index contributed by atoms with van der Waals surface area (Å²) < 4.78 is 40.1. The Balaban J connectivity index is 1.76. The van der Waals surface area contributed by atoms with Crippen LogP contribution in [0.3, 0.4) is 0 Å². The first-order chi connectivity index (χ1) is 10.4. The molecule has 1 aromatic carbocycles. The number of sulfonamides is 1. The number of nitrogens with zero attached hydrogens (tertiary/aromatic N) is 1. The third-order valence-electron chi connectivity index (χ3n) is 3.39. The highest BCUT2D eigenvalue weighted by molar-refractivity contribution is 7.92. The average Bonchev–Trinajstić information content (AvgIpc) is 3.27. The molecule has 1 aliphatic carbocycles. The monoisotopic (exact) mass is 321 g/mol. The zero-order valence-corrected chi connectivity index (χ0v) is 12.8. The summed E-state index contributed by atoms with van der Waals surface area (Å²) in [6.45, 7) is 1.52. The van der Waals surface area contributed by atoms with E-state index >= 15 is 0 Å². The minimum atomic E-state index is -3.78. The first-order valence-corrected chi connectivity index (χ1v) is 8.44. The van der Waals surface area contributed by atoms with Crippen molar-refractivity contribution >= 4 is 21.5 Å². The molecule has 1 saturated carbocycles. The molecule has 22 heavy (non-hydrogen) atoms. The van der Waals surface area contributed by atoms with Gasteiger partial charge in [0.1, 0.15) is 11.6 Å². The van der Waals surface area contributed by atoms with Crippen LogP contribution in [0.1, 0.15) is 18.4 Å². The van der Waals surface area contributed by atoms with Gasteiger partial charge in [0.05, 0.1) is 16.8 Å². The number of pyridine rings is 1. The number of hydrogen-bond acceptors (Lipinski definition) is 4. The molecule has 2 N–H and O–H groups in total. The Hall–Kier alpha value is -2.15. The molecular formula is C15H16FN3O2S. The van der Waals surface area contributed by atoms with Crippen LogP contribution in [0.4, 0.5) is 15.9 Å². The van der Waals surface area contributed by atoms with E-state index in [0.29, 0.717) is 6.04 Å². The molecule has 0 aliphatic heterocycles. The second-order valence-electron chi connectivity index (χ2n) is 5.37. The number of hydrogen-bond donors (Lipinski definition) is 2. The molecule has 0 unspecified atom stereocenters. The number of halogens is 1. The maximum atomic E-state index is 13.2. The average molecular weight is 321 g/mol. The van der Waals surface area contributed by atoms with Crippen LogP contribution in [0.25, 0.3) is 0 Å². The van der Waals surface area contributed by atoms with Gasteiger partial charge >= 0.3 is 0 Å². The number of benzene rings is 1. The minimum Gasteiger partial charge on any atom is -0.381 e. The quantitative estimate of drug-likeness (QED) is 0.888. The van der Waals surface area contributed by atoms with Gasteiger partial charge in [-0.15, -0.1) is 0 Å². The number of anilines is 2. The molecule has 0 saturated heterocycles. The number of aryl methyl sites for hydroxylation is 1. The van der Waals surface area contributed by atoms with Crippen molar-refractivity contribution in [2.45, 2.75) is 30.7 Å². The van der Waals surface area contributed by atoms with Crippen molar-refractivity contribution in [1.29, 1.82) is 0 Å². The topological polar surface area (TPSA) is 71.1 Å². The molecule has 0 spiro atoms. The largest absolute Gasteiger partial charge is 0.381 e. The van der Waals surface area contributed by atoms with Gasteiger partial charge in [0.2, 0.25) is 0 Å². The standard InChI is InChI=1S/C15H16FN3O2S/c1-10-8-13(5-6-14(10)16)22(20,21)19-15-7-4-12(9-17-15)18-11-2-3-11/h4-9,11,18H,2-3H2,1H3,(H,17,19). The fourth-order valence-electron chi connectivity index (χ4n) is 1.98. The van der Waals surface area contributed by atoms with Crippen molar-refractivity contribution in [2.75, 3.05) is 10.0 Å². The predicted octanol–water partition coefficient (Wildman–Crippen LogP) is 2.90. The molecule has 5 nitrogen and oxygen atoms in total. The number of nitrogens with one attached hydrogen (secondary N) is 2. The highest BCUT2D eigenvalue weighted by atomic mass is 32.2. The van der Waals surface area contributed by atoms with E-state index in [4.69, 9.17) is 0 Å². The molecule has 0 amide bonds. The van der Waals surface area contributed by atoms with E-state index in [2.05, 4.69) is 15.0 Å². The van der Waals surface area contributed by atoms with E-state index in [9.17, 15) is 12.8 Å². The van der Waals surface area contributed by atoms with E-state index in [-0.39, 0.29) is 16.3 Å². The van der Waals surface area contributed by atoms with Gasteiger partial charge in [-0.2, -0.15) is 0 Å². The normalized spacial score (nSPS) is 14.6. The fraction of sp³-hybridized carbons (Fsp3) is 0.267. The van der Waals surface area contributed by atoms with Crippen molar-refractivity contribution in [3.63, 3.8) is 0 Å². The Morgan fingerprint density at radius 1 is 1.23 bits per heavy atom. The fourth-order valence-corrected chi connectivity index (χ4v) is 3.08. The van der Waals surface area contributed by atoms with Crippen molar-refractivity contribution in [3.05, 3.63) is 47.9 Å². The first kappa shape index (κ1) is 14.8. The zero-order chi connectivity index (χ0) is 15.7. The highest BCUT2D eigenvalue weighted by Gasteiger charge is 2.21. The molecule has 2 aromatic rings. The molecule has 7 heteroatoms. The highest BCUT2D eigenvalue weighted by Crippen LogP contribution is 2.25. The Morgan fingerprint density at radius 2 is 2.00 bits per heavy atom. The minimum absolute atomic E-state index is 0.00776. The zero-order valence-electron chi connectivity index (χ0n) is 12.0. The molecular weight excluding hydrogens is 305 g/mol. The van der Waals surface area contributed by atoms with E-state index in [1.54, 1.807) is 18.3 Å². The summed E-state index contributed by atoms with van der Waals surface area (Å²) in [5, 5.41) is 3.27. The molecule has 1 heterocycles. The molecule has 3 rings (SSSR count). The van der Waals surface area contributed by atoms with Crippen LogP contribution in [-0.2, 0) is 10.0 Å². The lowest BCUT2D eigenvalue weighted by Crippen LogP contribution is -2.14. The number of rotatable bonds is 5. The van der Waals surface area contributed by atoms with E-state index < -0.39 is 15.8 Å². The van der Waals surface area contributed by atoms with Gasteiger partial charge in [0.15, 0.2) is 0 Å². The van der Waals surface area contributed by atoms with Crippen LogP contribution in [0.15, 0.2) is 41.4 Å². The van der Waals surface area contributed by atoms with E-state index in [0.717, 1.165) is 24.6 Å². The van der Waals surface area contributed by atoms with Crippen LogP contribution in [-0.4, -0.2) is 19.4 Å². The molecule has 0 atom stereocenters. The SMILES string of the molecule is Cc1cc(S(=O)(=O)Nc2ccc(NC3CC3)cn2)ccc1F. The maximum Gasteiger partial charge on any atom is 0.263 e. The summed E-state index contributed by atoms with van der Waals surface area (Å²) in [5.74, 6) is -0.212. The molecule has 1 fully saturated rings. The van der Waals surface area contributed by atoms with Crippen LogP contribution in [0.2, 0.25) is 0 Å². The molecule has 0 bridgehead atoms. The van der Waals surface area contributed by atoms with Gasteiger partial charge in [-0.25, -0.2) is 17.8 Å². The Bertz CT molecular complexity index is 787. The van der Waals surface area contributed by atoms with Crippen molar-refractivity contribution < 1.29 is 12.8 Å². The second-order valence-corrected chi connectivity index (χ2v) is 7.05. The molecule has 1 aromatic heterocycles. The summed E-state index contributed by atoms with van der Waals surface area (Å²) in [4.78, 5) is 4.09. The van der Waals surface area contributed by atoms with E-state index in [1.807, 2.05) is 0 Å². The summed E-state index contributed by atoms with van der Waals surface area (Å²) >= 11 is 0. The van der Waals surface area contributed by atoms with Crippen molar-refractivity contribution in [1.82, 2.24) is 4.98 Å². The van der Waals surface area contributed by atoms with Gasteiger partial charge in [-0.1, -0.05) is 0 Å². The van der Waals surface area contributed by atoms with Crippen molar-refractivity contribution in [2.24, 2.45) is 0 Å². The maximum absolute atomic E-state index is 13.2. The van der Waals surface area contributed by atoms with E-state index in [1.165, 1.54) is 19.1 Å². The molecule has 1 aliphatic rings. The first-order valence-electron chi connectivity index (χ1n) is 6.95. The Morgan fingerprint density at radius 3 is 2.59 bits per heavy atom. The van der Waals surface area contributed by atoms with Crippen LogP contribution in [0, 0.1) is 12.7 Å². The summed E-state index contributed by atoms with van der Waals surface area (Å²) in [5.41, 5.74) is 1.14. The van der Waals surface area contributed by atoms with Gasteiger partial charge in [0, 0.05) is 6.04 Å². The Kier molecular flexibility index (Phi) is 3.74. The second kappa shape index (κ2) is 5.57. The van der Waals surface area contributed by atoms with Gasteiger partial charge in [-0.3, -0.25) is 4.72 Å². The van der Waals surface area contributed by atoms with Gasteiger partial charge in [-0.05, 0) is 55.7 Å². The third kappa shape index (κ3) is 3.36. The summed E-state index contributed by atoms with van der Waals surface area (Å²) in [7, 11) is -3.78. The summed E-state index contributed by atoms with van der Waals surface area (Å²) in [6, 6.07) is 7.54. The van der Waals surface area contributed by atoms with Crippen LogP contribution < -0.4 is 10.0 Å². The lowest BCUT2D eigenvalue weighted by Gasteiger charge is -2.09. The lowest BCUT2D eigenvalue weighted by molar-refractivity contribution is 0.598.